The second-order valence-electron chi connectivity index (χ2n) is 7.56. The minimum atomic E-state index is -0.0706. The summed E-state index contributed by atoms with van der Waals surface area (Å²) in [5, 5.41) is 15.3. The number of tetrazole rings is 1. The average molecular weight is 481 g/mol. The summed E-state index contributed by atoms with van der Waals surface area (Å²) in [4.78, 5) is 19.0. The number of aryl methyl sites for hydroxylation is 3. The summed E-state index contributed by atoms with van der Waals surface area (Å²) in [6.07, 6.45) is 0. The van der Waals surface area contributed by atoms with Crippen molar-refractivity contribution in [3.63, 3.8) is 0 Å². The summed E-state index contributed by atoms with van der Waals surface area (Å²) < 4.78 is 7.08. The molecule has 33 heavy (non-hydrogen) atoms. The van der Waals surface area contributed by atoms with Crippen LogP contribution in [0.1, 0.15) is 29.3 Å². The number of thiazole rings is 1. The topological polar surface area (TPSA) is 86.0 Å². The Kier molecular flexibility index (Phi) is 6.75. The highest BCUT2D eigenvalue weighted by Gasteiger charge is 2.22. The van der Waals surface area contributed by atoms with Crippen molar-refractivity contribution >= 4 is 39.8 Å². The molecule has 0 aliphatic carbocycles. The van der Waals surface area contributed by atoms with Gasteiger partial charge in [0.15, 0.2) is 5.13 Å². The first-order chi connectivity index (χ1) is 15.9. The number of carbonyl (C=O) groups is 1. The Balaban J connectivity index is 1.57. The van der Waals surface area contributed by atoms with Gasteiger partial charge in [-0.3, -0.25) is 9.69 Å². The van der Waals surface area contributed by atoms with E-state index in [2.05, 4.69) is 34.6 Å². The molecule has 0 atom stereocenters. The Morgan fingerprint density at radius 3 is 2.61 bits per heavy atom. The fraction of sp³-hybridized carbons (Fsp3) is 0.261. The van der Waals surface area contributed by atoms with Crippen molar-refractivity contribution in [2.75, 3.05) is 12.0 Å². The fourth-order valence-corrected chi connectivity index (χ4v) is 5.50. The third kappa shape index (κ3) is 4.76. The number of nitrogens with zero attached hydrogens (tertiary/aromatic N) is 6. The molecule has 0 saturated heterocycles. The van der Waals surface area contributed by atoms with Gasteiger partial charge in [0, 0.05) is 18.1 Å². The second kappa shape index (κ2) is 9.72. The van der Waals surface area contributed by atoms with E-state index in [4.69, 9.17) is 9.72 Å². The number of methoxy groups -OCH3 is 1. The molecule has 4 rings (SSSR count). The Hall–Kier alpha value is -3.24. The summed E-state index contributed by atoms with van der Waals surface area (Å²) in [6, 6.07) is 11.7. The summed E-state index contributed by atoms with van der Waals surface area (Å²) in [5.74, 6) is 1.17. The van der Waals surface area contributed by atoms with Crippen LogP contribution in [0.2, 0.25) is 0 Å². The maximum atomic E-state index is 12.6. The van der Waals surface area contributed by atoms with Gasteiger partial charge < -0.3 is 4.74 Å². The SMILES string of the molecule is COc1ccccc1-n1nnnc1SCc1csc(N(C(C)=O)c2c(C)cc(C)cc2C)n1. The Morgan fingerprint density at radius 1 is 1.18 bits per heavy atom. The molecule has 0 aliphatic rings. The number of carbonyl (C=O) groups excluding carboxylic acids is 1. The number of amides is 1. The highest BCUT2D eigenvalue weighted by molar-refractivity contribution is 7.98. The molecule has 0 unspecified atom stereocenters. The first kappa shape index (κ1) is 22.9. The first-order valence-electron chi connectivity index (χ1n) is 10.3. The molecule has 2 aromatic carbocycles. The molecule has 0 fully saturated rings. The molecule has 0 bridgehead atoms. The highest BCUT2D eigenvalue weighted by Crippen LogP contribution is 2.35. The number of anilines is 2. The zero-order chi connectivity index (χ0) is 23.5. The van der Waals surface area contributed by atoms with E-state index < -0.39 is 0 Å². The lowest BCUT2D eigenvalue weighted by atomic mass is 10.0. The predicted octanol–water partition coefficient (Wildman–Crippen LogP) is 5.03. The van der Waals surface area contributed by atoms with Gasteiger partial charge in [-0.15, -0.1) is 16.4 Å². The van der Waals surface area contributed by atoms with E-state index in [1.165, 1.54) is 28.7 Å². The largest absolute Gasteiger partial charge is 0.494 e. The second-order valence-corrected chi connectivity index (χ2v) is 9.34. The van der Waals surface area contributed by atoms with Crippen molar-refractivity contribution in [2.24, 2.45) is 0 Å². The number of hydrogen-bond acceptors (Lipinski definition) is 8. The van der Waals surface area contributed by atoms with Crippen LogP contribution in [0.15, 0.2) is 46.9 Å². The summed E-state index contributed by atoms with van der Waals surface area (Å²) in [7, 11) is 1.62. The smallest absolute Gasteiger partial charge is 0.230 e. The molecule has 4 aromatic rings. The number of rotatable bonds is 7. The summed E-state index contributed by atoms with van der Waals surface area (Å²) in [6.45, 7) is 7.66. The maximum Gasteiger partial charge on any atom is 0.230 e. The molecular weight excluding hydrogens is 456 g/mol. The quantitative estimate of drug-likeness (QED) is 0.343. The van der Waals surface area contributed by atoms with Crippen LogP contribution in [-0.4, -0.2) is 38.2 Å². The van der Waals surface area contributed by atoms with Crippen LogP contribution in [0.5, 0.6) is 5.75 Å². The number of aromatic nitrogens is 5. The van der Waals surface area contributed by atoms with Gasteiger partial charge in [-0.1, -0.05) is 41.6 Å². The van der Waals surface area contributed by atoms with Crippen molar-refractivity contribution in [3.8, 4) is 11.4 Å². The molecule has 0 spiro atoms. The summed E-state index contributed by atoms with van der Waals surface area (Å²) >= 11 is 2.92. The van der Waals surface area contributed by atoms with E-state index in [-0.39, 0.29) is 5.91 Å². The van der Waals surface area contributed by atoms with Crippen LogP contribution in [0.25, 0.3) is 5.69 Å². The zero-order valence-electron chi connectivity index (χ0n) is 19.1. The zero-order valence-corrected chi connectivity index (χ0v) is 20.7. The van der Waals surface area contributed by atoms with Crippen molar-refractivity contribution in [3.05, 3.63) is 64.2 Å². The van der Waals surface area contributed by atoms with Crippen LogP contribution in [-0.2, 0) is 10.5 Å². The van der Waals surface area contributed by atoms with E-state index in [0.29, 0.717) is 21.8 Å². The number of benzene rings is 2. The molecule has 0 saturated carbocycles. The van der Waals surface area contributed by atoms with Gasteiger partial charge in [-0.05, 0) is 54.5 Å². The molecular formula is C23H24N6O2S2. The number of hydrogen-bond donors (Lipinski definition) is 0. The molecule has 1 amide bonds. The minimum absolute atomic E-state index is 0.0706. The van der Waals surface area contributed by atoms with Crippen LogP contribution in [0.3, 0.4) is 0 Å². The van der Waals surface area contributed by atoms with Gasteiger partial charge in [0.05, 0.1) is 18.5 Å². The van der Waals surface area contributed by atoms with Crippen molar-refractivity contribution in [1.82, 2.24) is 25.2 Å². The Bertz CT molecular complexity index is 1280. The van der Waals surface area contributed by atoms with Gasteiger partial charge in [0.1, 0.15) is 11.4 Å². The number of ether oxygens (including phenoxy) is 1. The van der Waals surface area contributed by atoms with Gasteiger partial charge in [0.25, 0.3) is 0 Å². The molecule has 170 valence electrons. The van der Waals surface area contributed by atoms with E-state index in [1.54, 1.807) is 23.6 Å². The predicted molar refractivity (Wildman–Crippen MR) is 131 cm³/mol. The standard InChI is InChI=1S/C23H24N6O2S2/c1-14-10-15(2)21(16(3)11-14)28(17(4)30)22-24-18(12-32-22)13-33-23-25-26-27-29(23)19-8-6-7-9-20(19)31-5/h6-12H,13H2,1-5H3. The van der Waals surface area contributed by atoms with Gasteiger partial charge >= 0.3 is 0 Å². The van der Waals surface area contributed by atoms with Gasteiger partial charge in [0.2, 0.25) is 11.1 Å². The first-order valence-corrected chi connectivity index (χ1v) is 12.1. The van der Waals surface area contributed by atoms with Crippen LogP contribution < -0.4 is 9.64 Å². The van der Waals surface area contributed by atoms with E-state index in [1.807, 2.05) is 43.5 Å². The fourth-order valence-electron chi connectivity index (χ4n) is 3.74. The molecule has 2 aromatic heterocycles. The lowest BCUT2D eigenvalue weighted by Crippen LogP contribution is -2.24. The monoisotopic (exact) mass is 480 g/mol. The van der Waals surface area contributed by atoms with E-state index in [0.717, 1.165) is 28.2 Å². The molecule has 0 aliphatic heterocycles. The third-order valence-corrected chi connectivity index (χ3v) is 6.84. The van der Waals surface area contributed by atoms with Crippen molar-refractivity contribution in [2.45, 2.75) is 38.6 Å². The normalized spacial score (nSPS) is 10.9. The van der Waals surface area contributed by atoms with E-state index >= 15 is 0 Å². The number of para-hydroxylation sites is 2. The molecule has 0 N–H and O–H groups in total. The summed E-state index contributed by atoms with van der Waals surface area (Å²) in [5.41, 5.74) is 5.76. The Labute approximate surface area is 200 Å². The minimum Gasteiger partial charge on any atom is -0.494 e. The molecule has 8 nitrogen and oxygen atoms in total. The van der Waals surface area contributed by atoms with Crippen LogP contribution in [0.4, 0.5) is 10.8 Å². The van der Waals surface area contributed by atoms with E-state index in [9.17, 15) is 4.79 Å². The lowest BCUT2D eigenvalue weighted by Gasteiger charge is -2.23. The Morgan fingerprint density at radius 2 is 1.91 bits per heavy atom. The van der Waals surface area contributed by atoms with Gasteiger partial charge in [-0.2, -0.15) is 4.68 Å². The van der Waals surface area contributed by atoms with Crippen LogP contribution in [0, 0.1) is 20.8 Å². The number of thioether (sulfide) groups is 1. The maximum absolute atomic E-state index is 12.6. The average Bonchev–Trinajstić information content (AvgIpc) is 3.43. The van der Waals surface area contributed by atoms with Crippen molar-refractivity contribution < 1.29 is 9.53 Å². The highest BCUT2D eigenvalue weighted by atomic mass is 32.2. The van der Waals surface area contributed by atoms with Crippen molar-refractivity contribution in [1.29, 1.82) is 0 Å². The van der Waals surface area contributed by atoms with Crippen LogP contribution >= 0.6 is 23.1 Å². The van der Waals surface area contributed by atoms with Gasteiger partial charge in [-0.25, -0.2) is 4.98 Å². The molecule has 0 radical (unpaired) electrons. The molecule has 2 heterocycles. The molecule has 10 heteroatoms. The lowest BCUT2D eigenvalue weighted by molar-refractivity contribution is -0.115. The third-order valence-electron chi connectivity index (χ3n) is 5.01.